The molecule has 0 fully saturated rings. The van der Waals surface area contributed by atoms with Crippen LogP contribution in [-0.2, 0) is 4.74 Å². The van der Waals surface area contributed by atoms with E-state index in [4.69, 9.17) is 4.74 Å². The molecule has 0 rings (SSSR count). The average Bonchev–Trinajstić information content (AvgIpc) is 2.35. The molecule has 1 heteroatoms. The first-order valence-electron chi connectivity index (χ1n) is 5.57. The van der Waals surface area contributed by atoms with Crippen LogP contribution >= 0.6 is 0 Å². The van der Waals surface area contributed by atoms with Gasteiger partial charge in [0.2, 0.25) is 0 Å². The van der Waals surface area contributed by atoms with Gasteiger partial charge in [-0.25, -0.2) is 0 Å². The third kappa shape index (κ3) is 7.86. The lowest BCUT2D eigenvalue weighted by Crippen LogP contribution is -1.87. The van der Waals surface area contributed by atoms with Gasteiger partial charge in [0.15, 0.2) is 0 Å². The summed E-state index contributed by atoms with van der Waals surface area (Å²) < 4.78 is 5.64. The fraction of sp³-hybridized carbons (Fsp3) is 0.125. The molecule has 0 aliphatic heterocycles. The van der Waals surface area contributed by atoms with Gasteiger partial charge in [-0.2, -0.15) is 0 Å². The second-order valence-electron chi connectivity index (χ2n) is 3.11. The summed E-state index contributed by atoms with van der Waals surface area (Å²) in [6, 6.07) is 0. The highest BCUT2D eigenvalue weighted by Crippen LogP contribution is 2.09. The van der Waals surface area contributed by atoms with Gasteiger partial charge in [0.25, 0.3) is 0 Å². The molecule has 0 aromatic carbocycles. The molecule has 0 heterocycles. The summed E-state index contributed by atoms with van der Waals surface area (Å²) in [6.07, 6.45) is 17.3. The van der Waals surface area contributed by atoms with E-state index in [2.05, 4.69) is 26.7 Å². The molecule has 1 nitrogen and oxygen atoms in total. The third-order valence-corrected chi connectivity index (χ3v) is 1.75. The van der Waals surface area contributed by atoms with Gasteiger partial charge < -0.3 is 4.74 Å². The van der Waals surface area contributed by atoms with Gasteiger partial charge >= 0.3 is 0 Å². The molecule has 0 radical (unpaired) electrons. The normalized spacial score (nSPS) is 13.0. The Balaban J connectivity index is 4.76. The lowest BCUT2D eigenvalue weighted by atomic mass is 10.3. The van der Waals surface area contributed by atoms with E-state index < -0.39 is 0 Å². The van der Waals surface area contributed by atoms with Crippen molar-refractivity contribution >= 4 is 0 Å². The van der Waals surface area contributed by atoms with Crippen LogP contribution in [0.25, 0.3) is 0 Å². The standard InChI is InChI=1S/C16H20O/c1-5-9-11-14-15(8-4)17-16(12-7-3)13-10-6-2/h6-14H,2-5H2,1H3/b11-9-,13-10-,15-14+,16-12+. The summed E-state index contributed by atoms with van der Waals surface area (Å²) in [4.78, 5) is 0. The molecule has 0 unspecified atom stereocenters. The molecule has 0 amide bonds. The predicted molar refractivity (Wildman–Crippen MR) is 76.4 cm³/mol. The molecule has 0 aromatic heterocycles. The molecule has 0 N–H and O–H groups in total. The fourth-order valence-electron chi connectivity index (χ4n) is 0.981. The van der Waals surface area contributed by atoms with Gasteiger partial charge in [0.1, 0.15) is 11.5 Å². The van der Waals surface area contributed by atoms with Crippen LogP contribution < -0.4 is 0 Å². The van der Waals surface area contributed by atoms with Gasteiger partial charge in [0.05, 0.1) is 0 Å². The van der Waals surface area contributed by atoms with Crippen LogP contribution in [0.1, 0.15) is 13.3 Å². The number of hydrogen-bond donors (Lipinski definition) is 0. The predicted octanol–water partition coefficient (Wildman–Crippen LogP) is 4.85. The fourth-order valence-corrected chi connectivity index (χ4v) is 0.981. The summed E-state index contributed by atoms with van der Waals surface area (Å²) in [6.45, 7) is 13.0. The Labute approximate surface area is 104 Å². The number of rotatable bonds is 8. The van der Waals surface area contributed by atoms with E-state index >= 15 is 0 Å². The number of allylic oxidation sites excluding steroid dienone is 9. The number of ether oxygens (including phenoxy) is 1. The average molecular weight is 228 g/mol. The summed E-state index contributed by atoms with van der Waals surface area (Å²) in [5, 5.41) is 0. The second kappa shape index (κ2) is 10.5. The number of hydrogen-bond acceptors (Lipinski definition) is 1. The zero-order chi connectivity index (χ0) is 12.9. The smallest absolute Gasteiger partial charge is 0.127 e. The van der Waals surface area contributed by atoms with E-state index in [1.54, 1.807) is 30.4 Å². The first-order chi connectivity index (χ1) is 8.28. The molecule has 90 valence electrons. The van der Waals surface area contributed by atoms with Crippen LogP contribution in [0.4, 0.5) is 0 Å². The van der Waals surface area contributed by atoms with Gasteiger partial charge in [-0.05, 0) is 30.7 Å². The van der Waals surface area contributed by atoms with Crippen LogP contribution in [0, 0.1) is 0 Å². The van der Waals surface area contributed by atoms with Gasteiger partial charge in [0, 0.05) is 0 Å². The van der Waals surface area contributed by atoms with Crippen LogP contribution in [0.5, 0.6) is 0 Å². The lowest BCUT2D eigenvalue weighted by molar-refractivity contribution is 0.336. The maximum Gasteiger partial charge on any atom is 0.127 e. The molecular weight excluding hydrogens is 208 g/mol. The minimum atomic E-state index is 0.691. The topological polar surface area (TPSA) is 9.23 Å². The van der Waals surface area contributed by atoms with Crippen molar-refractivity contribution in [2.45, 2.75) is 13.3 Å². The summed E-state index contributed by atoms with van der Waals surface area (Å²) >= 11 is 0. The van der Waals surface area contributed by atoms with Crippen molar-refractivity contribution in [2.75, 3.05) is 0 Å². The first kappa shape index (κ1) is 15.0. The molecule has 0 bridgehead atoms. The van der Waals surface area contributed by atoms with Crippen molar-refractivity contribution in [1.82, 2.24) is 0 Å². The lowest BCUT2D eigenvalue weighted by Gasteiger charge is -2.05. The summed E-state index contributed by atoms with van der Waals surface area (Å²) in [5.74, 6) is 1.38. The van der Waals surface area contributed by atoms with E-state index in [1.807, 2.05) is 24.3 Å². The molecule has 0 spiro atoms. The van der Waals surface area contributed by atoms with E-state index in [0.717, 1.165) is 6.42 Å². The van der Waals surface area contributed by atoms with Crippen molar-refractivity contribution in [3.63, 3.8) is 0 Å². The molecule has 17 heavy (non-hydrogen) atoms. The van der Waals surface area contributed by atoms with Gasteiger partial charge in [-0.15, -0.1) is 0 Å². The Bertz CT molecular complexity index is 365. The van der Waals surface area contributed by atoms with Crippen LogP contribution in [0.2, 0.25) is 0 Å². The molecule has 0 aromatic rings. The van der Waals surface area contributed by atoms with Crippen molar-refractivity contribution in [2.24, 2.45) is 0 Å². The van der Waals surface area contributed by atoms with E-state index in [0.29, 0.717) is 11.5 Å². The highest BCUT2D eigenvalue weighted by Gasteiger charge is 1.94. The van der Waals surface area contributed by atoms with Gasteiger partial charge in [-0.1, -0.05) is 57.0 Å². The maximum absolute atomic E-state index is 5.64. The summed E-state index contributed by atoms with van der Waals surface area (Å²) in [5.41, 5.74) is 0. The Morgan fingerprint density at radius 2 is 1.76 bits per heavy atom. The van der Waals surface area contributed by atoms with Crippen LogP contribution in [0.15, 0.2) is 85.9 Å². The highest BCUT2D eigenvalue weighted by atomic mass is 16.5. The van der Waals surface area contributed by atoms with E-state index in [-0.39, 0.29) is 0 Å². The monoisotopic (exact) mass is 228 g/mol. The van der Waals surface area contributed by atoms with E-state index in [9.17, 15) is 0 Å². The molecule has 0 aliphatic carbocycles. The Kier molecular flexibility index (Phi) is 9.25. The van der Waals surface area contributed by atoms with Crippen LogP contribution in [-0.4, -0.2) is 0 Å². The minimum Gasteiger partial charge on any atom is -0.457 e. The molecule has 0 saturated carbocycles. The highest BCUT2D eigenvalue weighted by molar-refractivity contribution is 5.25. The molecule has 0 aliphatic rings. The molecule has 0 atom stereocenters. The maximum atomic E-state index is 5.64. The SMILES string of the molecule is C=C/C=C\C(=C/C=C)O/C(C=C)=C/C=C\CC. The molecule has 0 saturated heterocycles. The van der Waals surface area contributed by atoms with E-state index in [1.165, 1.54) is 0 Å². The van der Waals surface area contributed by atoms with Crippen LogP contribution in [0.3, 0.4) is 0 Å². The second-order valence-corrected chi connectivity index (χ2v) is 3.11. The zero-order valence-electron chi connectivity index (χ0n) is 10.4. The van der Waals surface area contributed by atoms with Gasteiger partial charge in [-0.3, -0.25) is 0 Å². The van der Waals surface area contributed by atoms with Crippen molar-refractivity contribution in [3.05, 3.63) is 85.9 Å². The third-order valence-electron chi connectivity index (χ3n) is 1.75. The largest absolute Gasteiger partial charge is 0.457 e. The van der Waals surface area contributed by atoms with Crippen molar-refractivity contribution in [1.29, 1.82) is 0 Å². The minimum absolute atomic E-state index is 0.691. The Hall–Kier alpha value is -2.02. The molecular formula is C16H20O. The zero-order valence-corrected chi connectivity index (χ0v) is 10.4. The van der Waals surface area contributed by atoms with Crippen molar-refractivity contribution in [3.8, 4) is 0 Å². The summed E-state index contributed by atoms with van der Waals surface area (Å²) in [7, 11) is 0. The Morgan fingerprint density at radius 3 is 2.29 bits per heavy atom. The Morgan fingerprint density at radius 1 is 1.00 bits per heavy atom. The quantitative estimate of drug-likeness (QED) is 0.426. The first-order valence-corrected chi connectivity index (χ1v) is 5.57. The van der Waals surface area contributed by atoms with Crippen molar-refractivity contribution < 1.29 is 4.74 Å².